The quantitative estimate of drug-likeness (QED) is 0.108. The molecule has 5 heteroatoms. The van der Waals surface area contributed by atoms with Gasteiger partial charge in [-0.3, -0.25) is 0 Å². The molecule has 302 valence electrons. The molecule has 0 amide bonds. The van der Waals surface area contributed by atoms with Crippen LogP contribution in [0.15, 0.2) is 176 Å². The van der Waals surface area contributed by atoms with Crippen molar-refractivity contribution in [3.05, 3.63) is 215 Å². The Morgan fingerprint density at radius 1 is 0.500 bits per heavy atom. The summed E-state index contributed by atoms with van der Waals surface area (Å²) in [6.07, 6.45) is 4.28. The molecule has 0 fully saturated rings. The Morgan fingerprint density at radius 2 is 0.919 bits per heavy atom. The average molecular weight is 804 g/mol. The molecular weight excluding hydrogens is 755 g/mol. The summed E-state index contributed by atoms with van der Waals surface area (Å²) in [5.41, 5.74) is 15.1. The lowest BCUT2D eigenvalue weighted by Gasteiger charge is -2.27. The minimum Gasteiger partial charge on any atom is -0.311 e. The molecule has 0 saturated carbocycles. The highest BCUT2D eigenvalue weighted by Gasteiger charge is 2.19. The first-order valence-electron chi connectivity index (χ1n) is 20.9. The van der Waals surface area contributed by atoms with Crippen LogP contribution in [0.5, 0.6) is 0 Å². The number of nitrogens with zero attached hydrogens (tertiary/aromatic N) is 5. The standard InChI is InChI=1S/C57H49N5/c1-56(2,3)45-18-30-51(31-19-45)61(49-26-12-42(39-58)13-27-49)50-28-15-43(16-29-50)54-37-17-44-38-41(14-36-55(44)60-54)9-8-40-10-24-48(25-11-40)62(53-34-22-47(59-7)23-35-53)52-32-20-46(21-33-52)57(4,5)6/h8-38H,1-6H3/b9-8+. The van der Waals surface area contributed by atoms with E-state index in [-0.39, 0.29) is 10.8 Å². The molecule has 0 radical (unpaired) electrons. The van der Waals surface area contributed by atoms with E-state index in [1.165, 1.54) is 11.1 Å². The summed E-state index contributed by atoms with van der Waals surface area (Å²) < 4.78 is 0. The number of rotatable bonds is 9. The predicted molar refractivity (Wildman–Crippen MR) is 260 cm³/mol. The number of nitriles is 1. The zero-order chi connectivity index (χ0) is 43.4. The van der Waals surface area contributed by atoms with E-state index < -0.39 is 0 Å². The van der Waals surface area contributed by atoms with Crippen molar-refractivity contribution >= 4 is 62.9 Å². The molecule has 7 aromatic carbocycles. The van der Waals surface area contributed by atoms with Crippen LogP contribution in [-0.4, -0.2) is 4.98 Å². The van der Waals surface area contributed by atoms with Crippen LogP contribution in [0.25, 0.3) is 39.2 Å². The van der Waals surface area contributed by atoms with Crippen molar-refractivity contribution in [2.45, 2.75) is 52.4 Å². The number of anilines is 6. The summed E-state index contributed by atoms with van der Waals surface area (Å²) in [4.78, 5) is 13.1. The fourth-order valence-corrected chi connectivity index (χ4v) is 7.59. The molecular formula is C57H49N5. The molecule has 0 unspecified atom stereocenters. The zero-order valence-electron chi connectivity index (χ0n) is 36.1. The van der Waals surface area contributed by atoms with Gasteiger partial charge in [0.2, 0.25) is 0 Å². The molecule has 0 saturated heterocycles. The molecule has 1 aromatic heterocycles. The van der Waals surface area contributed by atoms with E-state index in [2.05, 4.69) is 202 Å². The van der Waals surface area contributed by atoms with Gasteiger partial charge in [0.1, 0.15) is 0 Å². The number of benzene rings is 7. The maximum Gasteiger partial charge on any atom is 0.187 e. The van der Waals surface area contributed by atoms with Gasteiger partial charge in [0, 0.05) is 45.1 Å². The third kappa shape index (κ3) is 9.04. The summed E-state index contributed by atoms with van der Waals surface area (Å²) in [5.74, 6) is 0. The van der Waals surface area contributed by atoms with Crippen LogP contribution >= 0.6 is 0 Å². The van der Waals surface area contributed by atoms with E-state index in [9.17, 15) is 5.26 Å². The number of pyridine rings is 1. The molecule has 0 spiro atoms. The lowest BCUT2D eigenvalue weighted by Crippen LogP contribution is -2.13. The number of fused-ring (bicyclic) bond motifs is 1. The van der Waals surface area contributed by atoms with Crippen LogP contribution in [-0.2, 0) is 10.8 Å². The second kappa shape index (κ2) is 17.1. The Balaban J connectivity index is 1.00. The third-order valence-corrected chi connectivity index (χ3v) is 11.2. The predicted octanol–water partition coefficient (Wildman–Crippen LogP) is 16.0. The lowest BCUT2D eigenvalue weighted by atomic mass is 9.87. The SMILES string of the molecule is [C-]#[N+]c1ccc(N(c2ccc(/C=C/c3ccc4nc(-c5ccc(N(c6ccc(C#N)cc6)c6ccc(C(C)(C)C)cc6)cc5)ccc4c3)cc2)c2ccc(C(C)(C)C)cc2)cc1. The van der Waals surface area contributed by atoms with Crippen molar-refractivity contribution in [1.29, 1.82) is 5.26 Å². The normalized spacial score (nSPS) is 11.6. The van der Waals surface area contributed by atoms with Crippen molar-refractivity contribution in [2.24, 2.45) is 0 Å². The number of hydrogen-bond acceptors (Lipinski definition) is 4. The van der Waals surface area contributed by atoms with Gasteiger partial charge >= 0.3 is 0 Å². The van der Waals surface area contributed by atoms with E-state index >= 15 is 0 Å². The number of hydrogen-bond donors (Lipinski definition) is 0. The minimum absolute atomic E-state index is 0.0542. The van der Waals surface area contributed by atoms with Crippen molar-refractivity contribution < 1.29 is 0 Å². The maximum atomic E-state index is 9.42. The van der Waals surface area contributed by atoms with Crippen LogP contribution in [0, 0.1) is 17.9 Å². The molecule has 0 bridgehead atoms. The topological polar surface area (TPSA) is 47.5 Å². The van der Waals surface area contributed by atoms with E-state index in [4.69, 9.17) is 11.6 Å². The Morgan fingerprint density at radius 3 is 1.39 bits per heavy atom. The van der Waals surface area contributed by atoms with Crippen LogP contribution in [0.1, 0.15) is 69.4 Å². The van der Waals surface area contributed by atoms with E-state index in [0.29, 0.717) is 11.3 Å². The highest BCUT2D eigenvalue weighted by molar-refractivity contribution is 5.86. The highest BCUT2D eigenvalue weighted by Crippen LogP contribution is 2.39. The molecule has 5 nitrogen and oxygen atoms in total. The second-order valence-electron chi connectivity index (χ2n) is 17.7. The molecule has 0 aliphatic rings. The largest absolute Gasteiger partial charge is 0.311 e. The number of aromatic nitrogens is 1. The smallest absolute Gasteiger partial charge is 0.187 e. The van der Waals surface area contributed by atoms with Gasteiger partial charge in [-0.15, -0.1) is 0 Å². The first kappa shape index (κ1) is 41.0. The average Bonchev–Trinajstić information content (AvgIpc) is 3.29. The Hall–Kier alpha value is -7.73. The van der Waals surface area contributed by atoms with E-state index in [1.54, 1.807) is 0 Å². The van der Waals surface area contributed by atoms with Crippen LogP contribution < -0.4 is 9.80 Å². The Kier molecular flexibility index (Phi) is 11.3. The fraction of sp³-hybridized carbons (Fsp3) is 0.140. The van der Waals surface area contributed by atoms with Crippen molar-refractivity contribution in [3.8, 4) is 17.3 Å². The van der Waals surface area contributed by atoms with Gasteiger partial charge in [0.25, 0.3) is 0 Å². The third-order valence-electron chi connectivity index (χ3n) is 11.2. The summed E-state index contributed by atoms with van der Waals surface area (Å²) in [6.45, 7) is 20.8. The molecule has 0 N–H and O–H groups in total. The second-order valence-corrected chi connectivity index (χ2v) is 17.7. The van der Waals surface area contributed by atoms with E-state index in [1.807, 2.05) is 48.5 Å². The van der Waals surface area contributed by atoms with Crippen molar-refractivity contribution in [1.82, 2.24) is 4.98 Å². The van der Waals surface area contributed by atoms with Crippen LogP contribution in [0.4, 0.5) is 39.8 Å². The monoisotopic (exact) mass is 803 g/mol. The molecule has 8 aromatic rings. The Bertz CT molecular complexity index is 2940. The molecule has 8 rings (SSSR count). The van der Waals surface area contributed by atoms with Gasteiger partial charge in [-0.2, -0.15) is 5.26 Å². The summed E-state index contributed by atoms with van der Waals surface area (Å²) in [5, 5.41) is 10.5. The highest BCUT2D eigenvalue weighted by atomic mass is 15.1. The minimum atomic E-state index is 0.0542. The van der Waals surface area contributed by atoms with Gasteiger partial charge < -0.3 is 9.80 Å². The first-order valence-corrected chi connectivity index (χ1v) is 20.9. The first-order chi connectivity index (χ1) is 29.9. The van der Waals surface area contributed by atoms with Crippen molar-refractivity contribution in [2.75, 3.05) is 9.80 Å². The van der Waals surface area contributed by atoms with Crippen LogP contribution in [0.3, 0.4) is 0 Å². The lowest BCUT2D eigenvalue weighted by molar-refractivity contribution is 0.590. The molecule has 1 heterocycles. The summed E-state index contributed by atoms with van der Waals surface area (Å²) >= 11 is 0. The van der Waals surface area contributed by atoms with Crippen molar-refractivity contribution in [3.63, 3.8) is 0 Å². The molecule has 0 aliphatic heterocycles. The molecule has 62 heavy (non-hydrogen) atoms. The fourth-order valence-electron chi connectivity index (χ4n) is 7.59. The van der Waals surface area contributed by atoms with Gasteiger partial charge in [-0.05, 0) is 136 Å². The van der Waals surface area contributed by atoms with Gasteiger partial charge in [-0.25, -0.2) is 9.83 Å². The molecule has 0 atom stereocenters. The van der Waals surface area contributed by atoms with Gasteiger partial charge in [0.15, 0.2) is 5.69 Å². The summed E-state index contributed by atoms with van der Waals surface area (Å²) in [6, 6.07) is 62.9. The molecule has 0 aliphatic carbocycles. The van der Waals surface area contributed by atoms with E-state index in [0.717, 1.165) is 67.4 Å². The van der Waals surface area contributed by atoms with Gasteiger partial charge in [-0.1, -0.05) is 126 Å². The van der Waals surface area contributed by atoms with Gasteiger partial charge in [0.05, 0.1) is 29.4 Å². The van der Waals surface area contributed by atoms with Crippen LogP contribution in [0.2, 0.25) is 0 Å². The zero-order valence-corrected chi connectivity index (χ0v) is 36.1. The summed E-state index contributed by atoms with van der Waals surface area (Å²) in [7, 11) is 0. The Labute approximate surface area is 366 Å². The maximum absolute atomic E-state index is 9.42.